The molecule has 0 bridgehead atoms. The third kappa shape index (κ3) is 5.45. The molecule has 0 aliphatic rings. The number of tetrazole rings is 1. The Kier molecular flexibility index (Phi) is 6.35. The third-order valence-electron chi connectivity index (χ3n) is 2.64. The number of amides is 1. The molecule has 118 valence electrons. The number of hydrogen-bond donors (Lipinski definition) is 1. The Morgan fingerprint density at radius 2 is 2.14 bits per heavy atom. The number of hydroxylamine groups is 1. The zero-order valence-corrected chi connectivity index (χ0v) is 13.4. The highest BCUT2D eigenvalue weighted by molar-refractivity contribution is 7.99. The molecule has 1 N–H and O–H groups in total. The fourth-order valence-corrected chi connectivity index (χ4v) is 2.37. The number of nitrogens with zero attached hydrogens (tertiary/aromatic N) is 4. The predicted molar refractivity (Wildman–Crippen MR) is 82.8 cm³/mol. The van der Waals surface area contributed by atoms with E-state index in [2.05, 4.69) is 34.9 Å². The van der Waals surface area contributed by atoms with Crippen LogP contribution in [0.3, 0.4) is 0 Å². The molecule has 0 radical (unpaired) electrons. The second-order valence-corrected chi connectivity index (χ2v) is 6.07. The molecule has 8 heteroatoms. The lowest BCUT2D eigenvalue weighted by atomic mass is 10.2. The normalized spacial score (nSPS) is 10.9. The van der Waals surface area contributed by atoms with Crippen LogP contribution in [0.5, 0.6) is 0 Å². The molecule has 1 aromatic heterocycles. The Labute approximate surface area is 133 Å². The topological polar surface area (TPSA) is 81.9 Å². The molecule has 1 heterocycles. The maximum absolute atomic E-state index is 11.7. The minimum atomic E-state index is -0.222. The molecule has 0 aliphatic carbocycles. The number of nitrogens with one attached hydrogen (secondary N) is 1. The standard InChI is InChI=1S/C14H19N5O2S/c1-11(2)8-19-14(15-17-18-19)22-10-13(20)16-21-9-12-6-4-3-5-7-12/h3-7,11H,8-10H2,1-2H3,(H,16,20). The summed E-state index contributed by atoms with van der Waals surface area (Å²) in [5.74, 6) is 0.415. The summed E-state index contributed by atoms with van der Waals surface area (Å²) in [4.78, 5) is 16.9. The maximum Gasteiger partial charge on any atom is 0.254 e. The average Bonchev–Trinajstić information content (AvgIpc) is 2.93. The van der Waals surface area contributed by atoms with Gasteiger partial charge in [0.2, 0.25) is 5.16 Å². The average molecular weight is 321 g/mol. The number of benzene rings is 1. The molecule has 22 heavy (non-hydrogen) atoms. The van der Waals surface area contributed by atoms with Crippen LogP contribution in [-0.4, -0.2) is 31.9 Å². The van der Waals surface area contributed by atoms with Crippen LogP contribution in [0, 0.1) is 5.92 Å². The molecule has 1 amide bonds. The summed E-state index contributed by atoms with van der Waals surface area (Å²) in [6.07, 6.45) is 0. The fourth-order valence-electron chi connectivity index (χ4n) is 1.69. The van der Waals surface area contributed by atoms with Gasteiger partial charge in [0, 0.05) is 6.54 Å². The summed E-state index contributed by atoms with van der Waals surface area (Å²) in [7, 11) is 0. The van der Waals surface area contributed by atoms with Crippen LogP contribution in [-0.2, 0) is 22.8 Å². The Bertz CT molecular complexity index is 588. The van der Waals surface area contributed by atoms with Gasteiger partial charge in [-0.25, -0.2) is 10.2 Å². The van der Waals surface area contributed by atoms with E-state index in [0.717, 1.165) is 12.1 Å². The number of rotatable bonds is 8. The molecule has 0 spiro atoms. The second kappa shape index (κ2) is 8.50. The van der Waals surface area contributed by atoms with Crippen LogP contribution in [0.2, 0.25) is 0 Å². The minimum Gasteiger partial charge on any atom is -0.272 e. The molecule has 0 saturated heterocycles. The molecule has 2 aromatic rings. The summed E-state index contributed by atoms with van der Waals surface area (Å²) < 4.78 is 1.70. The van der Waals surface area contributed by atoms with Crippen molar-refractivity contribution in [2.75, 3.05) is 5.75 Å². The number of thioether (sulfide) groups is 1. The van der Waals surface area contributed by atoms with Gasteiger partial charge in [-0.1, -0.05) is 55.9 Å². The van der Waals surface area contributed by atoms with Crippen LogP contribution in [0.1, 0.15) is 19.4 Å². The van der Waals surface area contributed by atoms with Crippen molar-refractivity contribution >= 4 is 17.7 Å². The van der Waals surface area contributed by atoms with E-state index in [1.807, 2.05) is 30.3 Å². The Hall–Kier alpha value is -1.93. The first-order valence-electron chi connectivity index (χ1n) is 6.98. The van der Waals surface area contributed by atoms with Crippen LogP contribution in [0.15, 0.2) is 35.5 Å². The van der Waals surface area contributed by atoms with Crippen molar-refractivity contribution in [1.82, 2.24) is 25.7 Å². The molecule has 0 atom stereocenters. The van der Waals surface area contributed by atoms with Gasteiger partial charge < -0.3 is 0 Å². The molecule has 7 nitrogen and oxygen atoms in total. The van der Waals surface area contributed by atoms with Crippen molar-refractivity contribution in [2.45, 2.75) is 32.2 Å². The zero-order chi connectivity index (χ0) is 15.8. The Morgan fingerprint density at radius 1 is 1.36 bits per heavy atom. The molecule has 2 rings (SSSR count). The number of hydrogen-bond acceptors (Lipinski definition) is 6. The largest absolute Gasteiger partial charge is 0.272 e. The summed E-state index contributed by atoms with van der Waals surface area (Å²) >= 11 is 1.28. The van der Waals surface area contributed by atoms with Crippen molar-refractivity contribution in [1.29, 1.82) is 0 Å². The lowest BCUT2D eigenvalue weighted by Gasteiger charge is -2.07. The Balaban J connectivity index is 1.70. The predicted octanol–water partition coefficient (Wildman–Crippen LogP) is 1.67. The summed E-state index contributed by atoms with van der Waals surface area (Å²) in [6.45, 7) is 5.23. The van der Waals surface area contributed by atoms with Gasteiger partial charge in [-0.15, -0.1) is 5.10 Å². The van der Waals surface area contributed by atoms with Gasteiger partial charge in [-0.05, 0) is 21.9 Å². The Morgan fingerprint density at radius 3 is 2.86 bits per heavy atom. The molecule has 0 unspecified atom stereocenters. The van der Waals surface area contributed by atoms with E-state index in [0.29, 0.717) is 17.7 Å². The smallest absolute Gasteiger partial charge is 0.254 e. The van der Waals surface area contributed by atoms with Crippen molar-refractivity contribution in [2.24, 2.45) is 5.92 Å². The van der Waals surface area contributed by atoms with E-state index >= 15 is 0 Å². The monoisotopic (exact) mass is 321 g/mol. The molecule has 0 fully saturated rings. The van der Waals surface area contributed by atoms with Crippen LogP contribution < -0.4 is 5.48 Å². The third-order valence-corrected chi connectivity index (χ3v) is 3.59. The van der Waals surface area contributed by atoms with E-state index in [-0.39, 0.29) is 11.7 Å². The highest BCUT2D eigenvalue weighted by atomic mass is 32.2. The van der Waals surface area contributed by atoms with Gasteiger partial charge in [0.1, 0.15) is 0 Å². The van der Waals surface area contributed by atoms with Gasteiger partial charge >= 0.3 is 0 Å². The van der Waals surface area contributed by atoms with Crippen molar-refractivity contribution in [3.05, 3.63) is 35.9 Å². The van der Waals surface area contributed by atoms with E-state index in [9.17, 15) is 4.79 Å². The van der Waals surface area contributed by atoms with Gasteiger partial charge in [-0.3, -0.25) is 9.63 Å². The summed E-state index contributed by atoms with van der Waals surface area (Å²) in [6, 6.07) is 9.64. The minimum absolute atomic E-state index is 0.202. The van der Waals surface area contributed by atoms with Gasteiger partial charge in [0.05, 0.1) is 12.4 Å². The lowest BCUT2D eigenvalue weighted by Crippen LogP contribution is -2.25. The maximum atomic E-state index is 11.7. The SMILES string of the molecule is CC(C)Cn1nnnc1SCC(=O)NOCc1ccccc1. The molecule has 0 aliphatic heterocycles. The molecular formula is C14H19N5O2S. The van der Waals surface area contributed by atoms with Crippen molar-refractivity contribution in [3.8, 4) is 0 Å². The first kappa shape index (κ1) is 16.4. The first-order chi connectivity index (χ1) is 10.6. The highest BCUT2D eigenvalue weighted by Gasteiger charge is 2.11. The number of carbonyl (C=O) groups excluding carboxylic acids is 1. The van der Waals surface area contributed by atoms with E-state index in [4.69, 9.17) is 4.84 Å². The fraction of sp³-hybridized carbons (Fsp3) is 0.429. The molecular weight excluding hydrogens is 302 g/mol. The molecule has 1 aromatic carbocycles. The van der Waals surface area contributed by atoms with E-state index in [1.54, 1.807) is 4.68 Å². The lowest BCUT2D eigenvalue weighted by molar-refractivity contribution is -0.131. The van der Waals surface area contributed by atoms with Crippen LogP contribution in [0.4, 0.5) is 0 Å². The summed E-state index contributed by atoms with van der Waals surface area (Å²) in [5.41, 5.74) is 3.41. The van der Waals surface area contributed by atoms with Gasteiger partial charge in [0.15, 0.2) is 0 Å². The van der Waals surface area contributed by atoms with Crippen molar-refractivity contribution < 1.29 is 9.63 Å². The van der Waals surface area contributed by atoms with Gasteiger partial charge in [-0.2, -0.15) is 0 Å². The second-order valence-electron chi connectivity index (χ2n) is 5.13. The molecule has 0 saturated carbocycles. The first-order valence-corrected chi connectivity index (χ1v) is 7.97. The quantitative estimate of drug-likeness (QED) is 0.588. The number of aromatic nitrogens is 4. The van der Waals surface area contributed by atoms with E-state index < -0.39 is 0 Å². The van der Waals surface area contributed by atoms with Crippen LogP contribution in [0.25, 0.3) is 0 Å². The van der Waals surface area contributed by atoms with Crippen LogP contribution >= 0.6 is 11.8 Å². The summed E-state index contributed by atoms with van der Waals surface area (Å²) in [5, 5.41) is 12.1. The van der Waals surface area contributed by atoms with E-state index in [1.165, 1.54) is 11.8 Å². The number of carbonyl (C=O) groups is 1. The van der Waals surface area contributed by atoms with Crippen molar-refractivity contribution in [3.63, 3.8) is 0 Å². The highest BCUT2D eigenvalue weighted by Crippen LogP contribution is 2.14. The van der Waals surface area contributed by atoms with Gasteiger partial charge in [0.25, 0.3) is 5.91 Å². The zero-order valence-electron chi connectivity index (χ0n) is 12.6.